The first-order valence-electron chi connectivity index (χ1n) is 9.64. The van der Waals surface area contributed by atoms with Crippen molar-refractivity contribution in [2.45, 2.75) is 26.4 Å². The van der Waals surface area contributed by atoms with E-state index in [1.54, 1.807) is 12.1 Å². The van der Waals surface area contributed by atoms with Crippen LogP contribution < -0.4 is 5.73 Å². The number of nitrogen functional groups attached to an aromatic ring is 1. The number of carbonyl (C=O) groups excluding carboxylic acids is 1. The van der Waals surface area contributed by atoms with E-state index < -0.39 is 5.60 Å². The minimum Gasteiger partial charge on any atom is -0.456 e. The van der Waals surface area contributed by atoms with Gasteiger partial charge in [-0.3, -0.25) is 0 Å². The number of nitrogens with two attached hydrogens (primary N) is 1. The number of pyridine rings is 1. The van der Waals surface area contributed by atoms with Gasteiger partial charge in [0.15, 0.2) is 0 Å². The lowest BCUT2D eigenvalue weighted by molar-refractivity contribution is 0.00696. The quantitative estimate of drug-likeness (QED) is 0.494. The fourth-order valence-corrected chi connectivity index (χ4v) is 3.13. The Labute approximate surface area is 174 Å². The van der Waals surface area contributed by atoms with Crippen LogP contribution in [0, 0.1) is 0 Å². The molecule has 30 heavy (non-hydrogen) atoms. The molecule has 6 nitrogen and oxygen atoms in total. The molecule has 0 aliphatic rings. The Bertz CT molecular complexity index is 1230. The summed E-state index contributed by atoms with van der Waals surface area (Å²) in [7, 11) is 0. The summed E-state index contributed by atoms with van der Waals surface area (Å²) in [5.41, 5.74) is 10.2. The number of anilines is 1. The number of fused-ring (bicyclic) bond motifs is 1. The Morgan fingerprint density at radius 1 is 0.867 bits per heavy atom. The van der Waals surface area contributed by atoms with E-state index in [2.05, 4.69) is 9.97 Å². The maximum atomic E-state index is 12.5. The molecule has 0 unspecified atom stereocenters. The molecule has 150 valence electrons. The Balaban J connectivity index is 1.80. The smallest absolute Gasteiger partial charge is 0.338 e. The van der Waals surface area contributed by atoms with Crippen LogP contribution in [0.3, 0.4) is 0 Å². The standard InChI is InChI=1S/C24H22N4O2/c1-24(2,3)30-22(29)17-11-7-10-16(14-17)18-12-13-19-21(26-18)20(28-23(25)27-19)15-8-5-4-6-9-15/h4-14H,1-3H3,(H2,25,27,28). The van der Waals surface area contributed by atoms with Crippen molar-refractivity contribution in [2.24, 2.45) is 0 Å². The zero-order chi connectivity index (χ0) is 21.3. The summed E-state index contributed by atoms with van der Waals surface area (Å²) in [4.78, 5) is 26.0. The van der Waals surface area contributed by atoms with Gasteiger partial charge in [0.1, 0.15) is 16.8 Å². The average Bonchev–Trinajstić information content (AvgIpc) is 2.72. The fraction of sp³-hybridized carbons (Fsp3) is 0.167. The summed E-state index contributed by atoms with van der Waals surface area (Å²) in [6.07, 6.45) is 0. The number of aromatic nitrogens is 3. The van der Waals surface area contributed by atoms with Gasteiger partial charge in [-0.15, -0.1) is 0 Å². The third-order valence-electron chi connectivity index (χ3n) is 4.40. The number of hydrogen-bond acceptors (Lipinski definition) is 6. The number of benzene rings is 2. The summed E-state index contributed by atoms with van der Waals surface area (Å²) >= 11 is 0. The Morgan fingerprint density at radius 3 is 2.33 bits per heavy atom. The number of carbonyl (C=O) groups is 1. The van der Waals surface area contributed by atoms with Gasteiger partial charge in [0.25, 0.3) is 0 Å². The second kappa shape index (κ2) is 7.55. The first-order valence-corrected chi connectivity index (χ1v) is 9.64. The molecule has 0 aliphatic carbocycles. The molecule has 6 heteroatoms. The SMILES string of the molecule is CC(C)(C)OC(=O)c1cccc(-c2ccc3nc(N)nc(-c4ccccc4)c3n2)c1. The van der Waals surface area contributed by atoms with Crippen molar-refractivity contribution in [2.75, 3.05) is 5.73 Å². The van der Waals surface area contributed by atoms with Gasteiger partial charge in [0, 0.05) is 11.1 Å². The highest BCUT2D eigenvalue weighted by Gasteiger charge is 2.18. The van der Waals surface area contributed by atoms with Crippen molar-refractivity contribution in [3.8, 4) is 22.5 Å². The van der Waals surface area contributed by atoms with Gasteiger partial charge >= 0.3 is 5.97 Å². The molecule has 0 amide bonds. The molecule has 4 aromatic rings. The van der Waals surface area contributed by atoms with Crippen LogP contribution in [-0.2, 0) is 4.74 Å². The van der Waals surface area contributed by atoms with Crippen LogP contribution >= 0.6 is 0 Å². The lowest BCUT2D eigenvalue weighted by atomic mass is 10.1. The van der Waals surface area contributed by atoms with Crippen molar-refractivity contribution in [1.82, 2.24) is 15.0 Å². The van der Waals surface area contributed by atoms with E-state index >= 15 is 0 Å². The maximum Gasteiger partial charge on any atom is 0.338 e. The number of rotatable bonds is 3. The van der Waals surface area contributed by atoms with Gasteiger partial charge < -0.3 is 10.5 Å². The summed E-state index contributed by atoms with van der Waals surface area (Å²) in [6.45, 7) is 5.53. The van der Waals surface area contributed by atoms with E-state index in [1.807, 2.05) is 75.4 Å². The highest BCUT2D eigenvalue weighted by atomic mass is 16.6. The molecule has 0 radical (unpaired) electrons. The minimum absolute atomic E-state index is 0.197. The lowest BCUT2D eigenvalue weighted by Gasteiger charge is -2.19. The molecular weight excluding hydrogens is 376 g/mol. The van der Waals surface area contributed by atoms with E-state index in [9.17, 15) is 4.79 Å². The van der Waals surface area contributed by atoms with E-state index in [1.165, 1.54) is 0 Å². The van der Waals surface area contributed by atoms with Crippen molar-refractivity contribution >= 4 is 23.0 Å². The predicted molar refractivity (Wildman–Crippen MR) is 118 cm³/mol. The molecule has 0 saturated carbocycles. The van der Waals surface area contributed by atoms with Crippen LogP contribution in [0.4, 0.5) is 5.95 Å². The summed E-state index contributed by atoms with van der Waals surface area (Å²) in [5.74, 6) is -0.172. The van der Waals surface area contributed by atoms with Crippen LogP contribution in [0.15, 0.2) is 66.7 Å². The molecule has 0 spiro atoms. The zero-order valence-electron chi connectivity index (χ0n) is 17.1. The second-order valence-corrected chi connectivity index (χ2v) is 7.94. The number of nitrogens with zero attached hydrogens (tertiary/aromatic N) is 3. The molecule has 0 fully saturated rings. The molecule has 0 bridgehead atoms. The van der Waals surface area contributed by atoms with Crippen molar-refractivity contribution < 1.29 is 9.53 Å². The highest BCUT2D eigenvalue weighted by Crippen LogP contribution is 2.28. The van der Waals surface area contributed by atoms with Gasteiger partial charge in [-0.2, -0.15) is 0 Å². The van der Waals surface area contributed by atoms with E-state index in [4.69, 9.17) is 15.5 Å². The molecular formula is C24H22N4O2. The van der Waals surface area contributed by atoms with Gasteiger partial charge in [0.2, 0.25) is 5.95 Å². The van der Waals surface area contributed by atoms with E-state index in [-0.39, 0.29) is 11.9 Å². The van der Waals surface area contributed by atoms with Crippen LogP contribution in [0.25, 0.3) is 33.5 Å². The maximum absolute atomic E-state index is 12.5. The zero-order valence-corrected chi connectivity index (χ0v) is 17.1. The van der Waals surface area contributed by atoms with Gasteiger partial charge in [-0.05, 0) is 45.0 Å². The molecule has 0 aliphatic heterocycles. The first-order chi connectivity index (χ1) is 14.3. The number of hydrogen-bond donors (Lipinski definition) is 1. The first kappa shape index (κ1) is 19.5. The van der Waals surface area contributed by atoms with Crippen LogP contribution in [-0.4, -0.2) is 26.5 Å². The molecule has 4 rings (SSSR count). The summed E-state index contributed by atoms with van der Waals surface area (Å²) < 4.78 is 5.48. The van der Waals surface area contributed by atoms with Crippen molar-refractivity contribution in [3.05, 3.63) is 72.3 Å². The molecule has 2 heterocycles. The van der Waals surface area contributed by atoms with E-state index in [0.29, 0.717) is 28.0 Å². The largest absolute Gasteiger partial charge is 0.456 e. The van der Waals surface area contributed by atoms with Gasteiger partial charge in [-0.25, -0.2) is 19.7 Å². The van der Waals surface area contributed by atoms with Crippen LogP contribution in [0.1, 0.15) is 31.1 Å². The molecule has 2 N–H and O–H groups in total. The highest BCUT2D eigenvalue weighted by molar-refractivity contribution is 5.93. The molecule has 0 atom stereocenters. The topological polar surface area (TPSA) is 91.0 Å². The van der Waals surface area contributed by atoms with Gasteiger partial charge in [-0.1, -0.05) is 42.5 Å². The summed E-state index contributed by atoms with van der Waals surface area (Å²) in [5, 5.41) is 0. The molecule has 2 aromatic carbocycles. The third-order valence-corrected chi connectivity index (χ3v) is 4.40. The third kappa shape index (κ3) is 4.12. The van der Waals surface area contributed by atoms with Crippen molar-refractivity contribution in [1.29, 1.82) is 0 Å². The van der Waals surface area contributed by atoms with Crippen LogP contribution in [0.5, 0.6) is 0 Å². The molecule has 2 aromatic heterocycles. The molecule has 0 saturated heterocycles. The summed E-state index contributed by atoms with van der Waals surface area (Å²) in [6, 6.07) is 20.7. The fourth-order valence-electron chi connectivity index (χ4n) is 3.13. The van der Waals surface area contributed by atoms with Crippen molar-refractivity contribution in [3.63, 3.8) is 0 Å². The lowest BCUT2D eigenvalue weighted by Crippen LogP contribution is -2.23. The monoisotopic (exact) mass is 398 g/mol. The predicted octanol–water partition coefficient (Wildman–Crippen LogP) is 4.90. The normalized spacial score (nSPS) is 11.4. The number of esters is 1. The second-order valence-electron chi connectivity index (χ2n) is 7.94. The van der Waals surface area contributed by atoms with E-state index in [0.717, 1.165) is 11.1 Å². The number of ether oxygens (including phenoxy) is 1. The van der Waals surface area contributed by atoms with Gasteiger partial charge in [0.05, 0.1) is 16.8 Å². The Kier molecular flexibility index (Phi) is 4.91. The Morgan fingerprint density at radius 2 is 1.60 bits per heavy atom. The minimum atomic E-state index is -0.559. The van der Waals surface area contributed by atoms with Crippen LogP contribution in [0.2, 0.25) is 0 Å². The Hall–Kier alpha value is -3.80. The average molecular weight is 398 g/mol.